The van der Waals surface area contributed by atoms with Crippen LogP contribution in [-0.2, 0) is 6.42 Å². The molecule has 0 spiro atoms. The lowest BCUT2D eigenvalue weighted by atomic mass is 9.80. The predicted octanol–water partition coefficient (Wildman–Crippen LogP) is 3.40. The molecule has 1 aromatic carbocycles. The first-order valence-corrected chi connectivity index (χ1v) is 6.32. The third-order valence-electron chi connectivity index (χ3n) is 4.15. The van der Waals surface area contributed by atoms with Crippen LogP contribution < -0.4 is 0 Å². The van der Waals surface area contributed by atoms with Crippen molar-refractivity contribution in [2.75, 3.05) is 6.61 Å². The van der Waals surface area contributed by atoms with Crippen molar-refractivity contribution in [3.8, 4) is 0 Å². The lowest BCUT2D eigenvalue weighted by Gasteiger charge is -2.26. The summed E-state index contributed by atoms with van der Waals surface area (Å²) in [6.45, 7) is 4.66. The van der Waals surface area contributed by atoms with E-state index in [9.17, 15) is 5.11 Å². The highest BCUT2D eigenvalue weighted by Gasteiger charge is 2.33. The molecule has 1 fully saturated rings. The highest BCUT2D eigenvalue weighted by atomic mass is 16.3. The van der Waals surface area contributed by atoms with Gasteiger partial charge in [-0.25, -0.2) is 0 Å². The molecule has 0 radical (unpaired) electrons. The van der Waals surface area contributed by atoms with Crippen molar-refractivity contribution >= 4 is 0 Å². The van der Waals surface area contributed by atoms with Crippen molar-refractivity contribution in [2.45, 2.75) is 46.0 Å². The van der Waals surface area contributed by atoms with Crippen molar-refractivity contribution in [1.29, 1.82) is 0 Å². The van der Waals surface area contributed by atoms with Gasteiger partial charge in [0.25, 0.3) is 0 Å². The number of benzene rings is 1. The Balaban J connectivity index is 2.16. The Bertz CT molecular complexity index is 362. The predicted molar refractivity (Wildman–Crippen MR) is 67.6 cm³/mol. The van der Waals surface area contributed by atoms with Crippen molar-refractivity contribution in [2.24, 2.45) is 5.41 Å². The van der Waals surface area contributed by atoms with Crippen LogP contribution in [-0.4, -0.2) is 11.7 Å². The van der Waals surface area contributed by atoms with Gasteiger partial charge in [-0.2, -0.15) is 0 Å². The van der Waals surface area contributed by atoms with Gasteiger partial charge in [-0.1, -0.05) is 31.0 Å². The van der Waals surface area contributed by atoms with Crippen LogP contribution in [0.5, 0.6) is 0 Å². The molecule has 0 amide bonds. The lowest BCUT2D eigenvalue weighted by molar-refractivity contribution is 0.130. The minimum atomic E-state index is 0.182. The highest BCUT2D eigenvalue weighted by molar-refractivity contribution is 5.30. The second-order valence-corrected chi connectivity index (χ2v) is 5.46. The molecule has 2 rings (SSSR count). The molecule has 1 heteroatoms. The molecule has 0 heterocycles. The van der Waals surface area contributed by atoms with E-state index >= 15 is 0 Å². The molecule has 1 aliphatic carbocycles. The van der Waals surface area contributed by atoms with Crippen LogP contribution in [0.3, 0.4) is 0 Å². The van der Waals surface area contributed by atoms with E-state index in [0.29, 0.717) is 6.61 Å². The van der Waals surface area contributed by atoms with Crippen LogP contribution >= 0.6 is 0 Å². The number of aliphatic hydroxyl groups is 1. The molecular formula is C15H22O. The maximum absolute atomic E-state index is 9.60. The van der Waals surface area contributed by atoms with Gasteiger partial charge in [0.15, 0.2) is 0 Å². The van der Waals surface area contributed by atoms with Crippen molar-refractivity contribution in [1.82, 2.24) is 0 Å². The van der Waals surface area contributed by atoms with Crippen molar-refractivity contribution in [3.63, 3.8) is 0 Å². The maximum atomic E-state index is 9.60. The van der Waals surface area contributed by atoms with Crippen LogP contribution in [0.4, 0.5) is 0 Å². The molecule has 16 heavy (non-hydrogen) atoms. The van der Waals surface area contributed by atoms with Gasteiger partial charge in [-0.05, 0) is 55.2 Å². The van der Waals surface area contributed by atoms with Crippen molar-refractivity contribution in [3.05, 3.63) is 34.9 Å². The van der Waals surface area contributed by atoms with Gasteiger partial charge >= 0.3 is 0 Å². The Hall–Kier alpha value is -0.820. The molecule has 1 aromatic rings. The SMILES string of the molecule is Cc1ccc(CC2(CO)CCCC2)cc1C. The van der Waals surface area contributed by atoms with E-state index in [0.717, 1.165) is 6.42 Å². The van der Waals surface area contributed by atoms with Gasteiger partial charge in [0.1, 0.15) is 0 Å². The summed E-state index contributed by atoms with van der Waals surface area (Å²) >= 11 is 0. The van der Waals surface area contributed by atoms with E-state index in [1.54, 1.807) is 0 Å². The minimum absolute atomic E-state index is 0.182. The van der Waals surface area contributed by atoms with Crippen LogP contribution in [0.15, 0.2) is 18.2 Å². The fourth-order valence-electron chi connectivity index (χ4n) is 2.86. The normalized spacial score (nSPS) is 18.9. The summed E-state index contributed by atoms with van der Waals surface area (Å²) in [5.74, 6) is 0. The molecule has 1 N–H and O–H groups in total. The topological polar surface area (TPSA) is 20.2 Å². The van der Waals surface area contributed by atoms with E-state index in [-0.39, 0.29) is 5.41 Å². The molecule has 0 unspecified atom stereocenters. The fraction of sp³-hybridized carbons (Fsp3) is 0.600. The molecular weight excluding hydrogens is 196 g/mol. The Morgan fingerprint density at radius 3 is 2.38 bits per heavy atom. The number of hydrogen-bond acceptors (Lipinski definition) is 1. The Labute approximate surface area is 98.5 Å². The fourth-order valence-corrected chi connectivity index (χ4v) is 2.86. The van der Waals surface area contributed by atoms with E-state index in [2.05, 4.69) is 32.0 Å². The van der Waals surface area contributed by atoms with E-state index in [1.807, 2.05) is 0 Å². The van der Waals surface area contributed by atoms with E-state index in [1.165, 1.54) is 42.4 Å². The van der Waals surface area contributed by atoms with Gasteiger partial charge in [0, 0.05) is 6.61 Å². The van der Waals surface area contributed by atoms with E-state index < -0.39 is 0 Å². The van der Waals surface area contributed by atoms with Crippen LogP contribution in [0, 0.1) is 19.3 Å². The maximum Gasteiger partial charge on any atom is 0.0490 e. The average Bonchev–Trinajstić information content (AvgIpc) is 2.73. The number of aryl methyl sites for hydroxylation is 2. The zero-order valence-corrected chi connectivity index (χ0v) is 10.4. The molecule has 0 bridgehead atoms. The molecule has 88 valence electrons. The molecule has 0 aliphatic heterocycles. The first-order chi connectivity index (χ1) is 7.65. The lowest BCUT2D eigenvalue weighted by Crippen LogP contribution is -2.24. The standard InChI is InChI=1S/C15H22O/c1-12-5-6-14(9-13(12)2)10-15(11-16)7-3-4-8-15/h5-6,9,16H,3-4,7-8,10-11H2,1-2H3. The van der Waals surface area contributed by atoms with Gasteiger partial charge in [-0.15, -0.1) is 0 Å². The molecule has 1 nitrogen and oxygen atoms in total. The van der Waals surface area contributed by atoms with E-state index in [4.69, 9.17) is 0 Å². The number of hydrogen-bond donors (Lipinski definition) is 1. The second kappa shape index (κ2) is 4.58. The summed E-state index contributed by atoms with van der Waals surface area (Å²) < 4.78 is 0. The Morgan fingerprint density at radius 2 is 1.81 bits per heavy atom. The first kappa shape index (κ1) is 11.7. The zero-order chi connectivity index (χ0) is 11.6. The van der Waals surface area contributed by atoms with Gasteiger partial charge < -0.3 is 5.11 Å². The average molecular weight is 218 g/mol. The number of rotatable bonds is 3. The van der Waals surface area contributed by atoms with Gasteiger partial charge in [-0.3, -0.25) is 0 Å². The molecule has 1 aliphatic rings. The van der Waals surface area contributed by atoms with Gasteiger partial charge in [0.2, 0.25) is 0 Å². The summed E-state index contributed by atoms with van der Waals surface area (Å²) in [4.78, 5) is 0. The number of aliphatic hydroxyl groups excluding tert-OH is 1. The highest BCUT2D eigenvalue weighted by Crippen LogP contribution is 2.40. The second-order valence-electron chi connectivity index (χ2n) is 5.46. The monoisotopic (exact) mass is 218 g/mol. The quantitative estimate of drug-likeness (QED) is 0.824. The van der Waals surface area contributed by atoms with Crippen LogP contribution in [0.2, 0.25) is 0 Å². The summed E-state index contributed by atoms with van der Waals surface area (Å²) in [7, 11) is 0. The van der Waals surface area contributed by atoms with Gasteiger partial charge in [0.05, 0.1) is 0 Å². The zero-order valence-electron chi connectivity index (χ0n) is 10.4. The minimum Gasteiger partial charge on any atom is -0.396 e. The largest absolute Gasteiger partial charge is 0.396 e. The summed E-state index contributed by atoms with van der Waals surface area (Å²) in [6, 6.07) is 6.70. The van der Waals surface area contributed by atoms with Crippen LogP contribution in [0.25, 0.3) is 0 Å². The molecule has 0 saturated heterocycles. The third-order valence-corrected chi connectivity index (χ3v) is 4.15. The smallest absolute Gasteiger partial charge is 0.0490 e. The molecule has 1 saturated carbocycles. The third kappa shape index (κ3) is 2.30. The molecule has 0 aromatic heterocycles. The summed E-state index contributed by atoms with van der Waals surface area (Å²) in [5.41, 5.74) is 4.29. The summed E-state index contributed by atoms with van der Waals surface area (Å²) in [5, 5.41) is 9.60. The first-order valence-electron chi connectivity index (χ1n) is 6.32. The van der Waals surface area contributed by atoms with Crippen molar-refractivity contribution < 1.29 is 5.11 Å². The van der Waals surface area contributed by atoms with Crippen LogP contribution in [0.1, 0.15) is 42.4 Å². The summed E-state index contributed by atoms with van der Waals surface area (Å²) in [6.07, 6.45) is 5.99. The Morgan fingerprint density at radius 1 is 1.12 bits per heavy atom. The molecule has 0 atom stereocenters. The Kier molecular flexibility index (Phi) is 3.34.